The molecule has 1 atom stereocenters. The highest BCUT2D eigenvalue weighted by Gasteiger charge is 2.20. The molecule has 1 N–H and O–H groups in total. The van der Waals surface area contributed by atoms with Gasteiger partial charge in [-0.3, -0.25) is 14.3 Å². The molecule has 152 valence electrons. The highest BCUT2D eigenvalue weighted by Crippen LogP contribution is 2.31. The fourth-order valence-electron chi connectivity index (χ4n) is 2.70. The zero-order valence-corrected chi connectivity index (χ0v) is 18.5. The van der Waals surface area contributed by atoms with Crippen LogP contribution in [-0.4, -0.2) is 37.5 Å². The molecular formula is C21H24ClN5OS. The van der Waals surface area contributed by atoms with E-state index in [4.69, 9.17) is 11.6 Å². The molecule has 0 radical (unpaired) electrons. The van der Waals surface area contributed by atoms with E-state index in [1.807, 2.05) is 48.7 Å². The first kappa shape index (κ1) is 21.3. The fourth-order valence-corrected chi connectivity index (χ4v) is 3.62. The molecule has 0 bridgehead atoms. The van der Waals surface area contributed by atoms with Crippen LogP contribution in [0.5, 0.6) is 0 Å². The molecule has 0 unspecified atom stereocenters. The van der Waals surface area contributed by atoms with Gasteiger partial charge in [0.1, 0.15) is 0 Å². The van der Waals surface area contributed by atoms with E-state index in [0.717, 1.165) is 16.8 Å². The zero-order chi connectivity index (χ0) is 21.0. The number of benzene rings is 1. The Labute approximate surface area is 180 Å². The van der Waals surface area contributed by atoms with Crippen molar-refractivity contribution < 1.29 is 4.79 Å². The Kier molecular flexibility index (Phi) is 6.92. The molecule has 3 aromatic rings. The minimum atomic E-state index is -0.0287. The molecule has 0 aliphatic rings. The number of carbonyl (C=O) groups is 1. The van der Waals surface area contributed by atoms with Crippen molar-refractivity contribution in [2.45, 2.75) is 38.9 Å². The van der Waals surface area contributed by atoms with Crippen LogP contribution in [0.15, 0.2) is 47.9 Å². The first-order valence-corrected chi connectivity index (χ1v) is 10.8. The molecule has 1 amide bonds. The summed E-state index contributed by atoms with van der Waals surface area (Å²) in [5.41, 5.74) is 2.69. The number of halogens is 1. The summed E-state index contributed by atoms with van der Waals surface area (Å²) in [4.78, 5) is 16.4. The predicted octanol–water partition coefficient (Wildman–Crippen LogP) is 4.54. The highest BCUT2D eigenvalue weighted by molar-refractivity contribution is 7.99. The Bertz CT molecular complexity index is 990. The molecule has 0 saturated heterocycles. The third kappa shape index (κ3) is 4.97. The first-order chi connectivity index (χ1) is 13.9. The van der Waals surface area contributed by atoms with Crippen LogP contribution in [0.25, 0.3) is 17.1 Å². The van der Waals surface area contributed by atoms with E-state index in [-0.39, 0.29) is 17.7 Å². The molecule has 0 aliphatic carbocycles. The van der Waals surface area contributed by atoms with Crippen LogP contribution in [0, 0.1) is 12.8 Å². The van der Waals surface area contributed by atoms with Crippen molar-refractivity contribution in [3.63, 3.8) is 0 Å². The number of hydrogen-bond acceptors (Lipinski definition) is 5. The second kappa shape index (κ2) is 9.41. The number of aromatic nitrogens is 4. The van der Waals surface area contributed by atoms with Gasteiger partial charge in [-0.25, -0.2) is 0 Å². The minimum Gasteiger partial charge on any atom is -0.353 e. The van der Waals surface area contributed by atoms with E-state index in [9.17, 15) is 4.79 Å². The molecule has 1 aromatic carbocycles. The fraction of sp³-hybridized carbons (Fsp3) is 0.333. The van der Waals surface area contributed by atoms with Crippen molar-refractivity contribution in [2.24, 2.45) is 5.92 Å². The molecule has 6 nitrogen and oxygen atoms in total. The summed E-state index contributed by atoms with van der Waals surface area (Å²) in [6, 6.07) is 9.60. The SMILES string of the molecule is Cc1c(Cl)cccc1-n1c(SCC(=O)N[C@@H](C)C(C)C)nnc1-c1ccncc1. The number of rotatable bonds is 7. The Morgan fingerprint density at radius 3 is 2.59 bits per heavy atom. The summed E-state index contributed by atoms with van der Waals surface area (Å²) >= 11 is 7.71. The molecule has 8 heteroatoms. The number of nitrogens with zero attached hydrogens (tertiary/aromatic N) is 4. The summed E-state index contributed by atoms with van der Waals surface area (Å²) in [5.74, 6) is 1.28. The van der Waals surface area contributed by atoms with Crippen LogP contribution >= 0.6 is 23.4 Å². The van der Waals surface area contributed by atoms with Gasteiger partial charge in [0.2, 0.25) is 5.91 Å². The minimum absolute atomic E-state index is 0.0287. The Morgan fingerprint density at radius 1 is 1.17 bits per heavy atom. The van der Waals surface area contributed by atoms with Crippen molar-refractivity contribution in [1.82, 2.24) is 25.1 Å². The lowest BCUT2D eigenvalue weighted by Gasteiger charge is -2.17. The van der Waals surface area contributed by atoms with Crippen molar-refractivity contribution in [3.05, 3.63) is 53.3 Å². The van der Waals surface area contributed by atoms with E-state index in [1.165, 1.54) is 11.8 Å². The topological polar surface area (TPSA) is 72.7 Å². The number of nitrogens with one attached hydrogen (secondary N) is 1. The lowest BCUT2D eigenvalue weighted by atomic mass is 10.1. The van der Waals surface area contributed by atoms with E-state index in [0.29, 0.717) is 21.9 Å². The van der Waals surface area contributed by atoms with Gasteiger partial charge < -0.3 is 5.32 Å². The number of hydrogen-bond donors (Lipinski definition) is 1. The molecule has 0 aliphatic heterocycles. The average molecular weight is 430 g/mol. The second-order valence-corrected chi connectivity index (χ2v) is 8.50. The van der Waals surface area contributed by atoms with Gasteiger partial charge in [-0.15, -0.1) is 10.2 Å². The summed E-state index contributed by atoms with van der Waals surface area (Å²) in [5, 5.41) is 13.1. The van der Waals surface area contributed by atoms with E-state index < -0.39 is 0 Å². The van der Waals surface area contributed by atoms with Gasteiger partial charge in [0, 0.05) is 29.0 Å². The van der Waals surface area contributed by atoms with Gasteiger partial charge in [-0.1, -0.05) is 43.3 Å². The van der Waals surface area contributed by atoms with Crippen LogP contribution in [0.4, 0.5) is 0 Å². The van der Waals surface area contributed by atoms with Crippen LogP contribution in [0.1, 0.15) is 26.3 Å². The van der Waals surface area contributed by atoms with Crippen LogP contribution in [0.3, 0.4) is 0 Å². The monoisotopic (exact) mass is 429 g/mol. The zero-order valence-electron chi connectivity index (χ0n) is 16.9. The first-order valence-electron chi connectivity index (χ1n) is 9.42. The standard InChI is InChI=1S/C21H24ClN5OS/c1-13(2)15(4)24-19(28)12-29-21-26-25-20(16-8-10-23-11-9-16)27(21)18-7-5-6-17(22)14(18)3/h5-11,13,15H,12H2,1-4H3,(H,24,28)/t15-/m0/s1. The largest absolute Gasteiger partial charge is 0.353 e. The third-order valence-electron chi connectivity index (χ3n) is 4.77. The van der Waals surface area contributed by atoms with Gasteiger partial charge in [-0.2, -0.15) is 0 Å². The van der Waals surface area contributed by atoms with E-state index in [1.54, 1.807) is 12.4 Å². The number of pyridine rings is 1. The maximum absolute atomic E-state index is 12.4. The second-order valence-electron chi connectivity index (χ2n) is 7.15. The van der Waals surface area contributed by atoms with Gasteiger partial charge >= 0.3 is 0 Å². The van der Waals surface area contributed by atoms with Crippen molar-refractivity contribution >= 4 is 29.3 Å². The highest BCUT2D eigenvalue weighted by atomic mass is 35.5. The van der Waals surface area contributed by atoms with Crippen LogP contribution in [0.2, 0.25) is 5.02 Å². The van der Waals surface area contributed by atoms with Gasteiger partial charge in [0.05, 0.1) is 11.4 Å². The predicted molar refractivity (Wildman–Crippen MR) is 118 cm³/mol. The lowest BCUT2D eigenvalue weighted by molar-refractivity contribution is -0.119. The van der Waals surface area contributed by atoms with Crippen LogP contribution < -0.4 is 5.32 Å². The number of thioether (sulfide) groups is 1. The maximum atomic E-state index is 12.4. The van der Waals surface area contributed by atoms with Crippen molar-refractivity contribution in [1.29, 1.82) is 0 Å². The van der Waals surface area contributed by atoms with E-state index >= 15 is 0 Å². The average Bonchev–Trinajstić information content (AvgIpc) is 3.12. The quantitative estimate of drug-likeness (QED) is 0.558. The molecule has 0 fully saturated rings. The number of carbonyl (C=O) groups excluding carboxylic acids is 1. The van der Waals surface area contributed by atoms with Crippen LogP contribution in [-0.2, 0) is 4.79 Å². The molecule has 2 aromatic heterocycles. The Hall–Kier alpha value is -2.38. The summed E-state index contributed by atoms with van der Waals surface area (Å²) in [7, 11) is 0. The number of amides is 1. The lowest BCUT2D eigenvalue weighted by Crippen LogP contribution is -2.37. The van der Waals surface area contributed by atoms with Gasteiger partial charge in [0.25, 0.3) is 0 Å². The van der Waals surface area contributed by atoms with Gasteiger partial charge in [-0.05, 0) is 49.6 Å². The smallest absolute Gasteiger partial charge is 0.230 e. The van der Waals surface area contributed by atoms with Crippen molar-refractivity contribution in [2.75, 3.05) is 5.75 Å². The summed E-state index contributed by atoms with van der Waals surface area (Å²) in [6.07, 6.45) is 3.43. The molecule has 0 spiro atoms. The summed E-state index contributed by atoms with van der Waals surface area (Å²) < 4.78 is 1.94. The molecular weight excluding hydrogens is 406 g/mol. The normalized spacial score (nSPS) is 12.2. The third-order valence-corrected chi connectivity index (χ3v) is 6.11. The van der Waals surface area contributed by atoms with Gasteiger partial charge in [0.15, 0.2) is 11.0 Å². The molecule has 29 heavy (non-hydrogen) atoms. The Morgan fingerprint density at radius 2 is 1.90 bits per heavy atom. The molecule has 3 rings (SSSR count). The summed E-state index contributed by atoms with van der Waals surface area (Å²) in [6.45, 7) is 8.13. The molecule has 0 saturated carbocycles. The van der Waals surface area contributed by atoms with Crippen molar-refractivity contribution in [3.8, 4) is 17.1 Å². The maximum Gasteiger partial charge on any atom is 0.230 e. The Balaban J connectivity index is 1.95. The molecule has 2 heterocycles. The van der Waals surface area contributed by atoms with E-state index in [2.05, 4.69) is 34.3 Å².